The summed E-state index contributed by atoms with van der Waals surface area (Å²) in [6.45, 7) is 0. The summed E-state index contributed by atoms with van der Waals surface area (Å²) in [6.07, 6.45) is 0. The van der Waals surface area contributed by atoms with Crippen LogP contribution in [0.1, 0.15) is 5.56 Å². The lowest BCUT2D eigenvalue weighted by Gasteiger charge is -2.00. The number of nitrogens with two attached hydrogens (primary N) is 1. The minimum absolute atomic E-state index is 0. The molecule has 0 spiro atoms. The van der Waals surface area contributed by atoms with E-state index in [1.165, 1.54) is 0 Å². The molecular weight excluding hydrogens is 218 g/mol. The standard InChI is InChI=1S/C7H6Cl2N2.ClH/c8-4-1-2-5(7(10)11)6(9)3-4;/h1-3H,(H3,10,11);1H. The normalized spacial score (nSPS) is 8.83. The molecule has 0 heterocycles. The monoisotopic (exact) mass is 224 g/mol. The number of hydrogen-bond acceptors (Lipinski definition) is 1. The summed E-state index contributed by atoms with van der Waals surface area (Å²) in [5.41, 5.74) is 5.73. The van der Waals surface area contributed by atoms with E-state index in [0.29, 0.717) is 15.6 Å². The molecule has 0 aliphatic rings. The fourth-order valence-electron chi connectivity index (χ4n) is 0.708. The Morgan fingerprint density at radius 2 is 1.92 bits per heavy atom. The van der Waals surface area contributed by atoms with Crippen LogP contribution in [0.4, 0.5) is 0 Å². The van der Waals surface area contributed by atoms with Crippen LogP contribution in [-0.2, 0) is 0 Å². The van der Waals surface area contributed by atoms with Gasteiger partial charge in [-0.15, -0.1) is 12.4 Å². The third-order valence-corrected chi connectivity index (χ3v) is 1.77. The summed E-state index contributed by atoms with van der Waals surface area (Å²) in [7, 11) is 0. The number of nitrogens with one attached hydrogen (secondary N) is 1. The molecule has 0 aliphatic carbocycles. The van der Waals surface area contributed by atoms with E-state index < -0.39 is 0 Å². The molecule has 1 aromatic rings. The van der Waals surface area contributed by atoms with E-state index in [1.54, 1.807) is 18.2 Å². The van der Waals surface area contributed by atoms with Crippen LogP contribution in [0.5, 0.6) is 0 Å². The van der Waals surface area contributed by atoms with Crippen LogP contribution in [0, 0.1) is 5.41 Å². The SMILES string of the molecule is Cl.N=C(N)c1ccc(Cl)cc1Cl. The van der Waals surface area contributed by atoms with Crippen molar-refractivity contribution in [3.05, 3.63) is 33.8 Å². The summed E-state index contributed by atoms with van der Waals surface area (Å²) >= 11 is 11.3. The quantitative estimate of drug-likeness (QED) is 0.560. The van der Waals surface area contributed by atoms with Crippen molar-refractivity contribution in [1.82, 2.24) is 0 Å². The predicted octanol–water partition coefficient (Wildman–Crippen LogP) is 2.70. The fraction of sp³-hybridized carbons (Fsp3) is 0. The van der Waals surface area contributed by atoms with E-state index in [1.807, 2.05) is 0 Å². The number of amidine groups is 1. The predicted molar refractivity (Wildman–Crippen MR) is 54.7 cm³/mol. The Morgan fingerprint density at radius 1 is 1.33 bits per heavy atom. The number of rotatable bonds is 1. The van der Waals surface area contributed by atoms with Gasteiger partial charge in [-0.2, -0.15) is 0 Å². The first kappa shape index (κ1) is 11.6. The highest BCUT2D eigenvalue weighted by atomic mass is 35.5. The molecule has 2 nitrogen and oxygen atoms in total. The molecule has 12 heavy (non-hydrogen) atoms. The van der Waals surface area contributed by atoms with Gasteiger partial charge in [-0.05, 0) is 18.2 Å². The van der Waals surface area contributed by atoms with Gasteiger partial charge in [0, 0.05) is 10.6 Å². The molecule has 0 fully saturated rings. The van der Waals surface area contributed by atoms with E-state index in [2.05, 4.69) is 0 Å². The van der Waals surface area contributed by atoms with Crippen molar-refractivity contribution in [3.63, 3.8) is 0 Å². The zero-order valence-electron chi connectivity index (χ0n) is 5.97. The van der Waals surface area contributed by atoms with Crippen LogP contribution >= 0.6 is 35.6 Å². The second kappa shape index (κ2) is 4.55. The average molecular weight is 226 g/mol. The molecule has 66 valence electrons. The number of halogens is 3. The lowest BCUT2D eigenvalue weighted by atomic mass is 10.2. The van der Waals surface area contributed by atoms with Crippen LogP contribution in [0.3, 0.4) is 0 Å². The molecule has 1 rings (SSSR count). The van der Waals surface area contributed by atoms with E-state index in [0.717, 1.165) is 0 Å². The molecule has 0 amide bonds. The maximum absolute atomic E-state index is 7.10. The van der Waals surface area contributed by atoms with Crippen LogP contribution in [0.25, 0.3) is 0 Å². The molecule has 0 saturated heterocycles. The van der Waals surface area contributed by atoms with Gasteiger partial charge in [0.2, 0.25) is 0 Å². The third kappa shape index (κ3) is 2.55. The number of benzene rings is 1. The Kier molecular flexibility index (Phi) is 4.39. The molecule has 3 N–H and O–H groups in total. The minimum atomic E-state index is -0.0494. The van der Waals surface area contributed by atoms with Gasteiger partial charge in [-0.3, -0.25) is 5.41 Å². The van der Waals surface area contributed by atoms with Gasteiger partial charge in [-0.1, -0.05) is 23.2 Å². The maximum Gasteiger partial charge on any atom is 0.124 e. The molecule has 0 aliphatic heterocycles. The van der Waals surface area contributed by atoms with Gasteiger partial charge in [0.05, 0.1) is 5.02 Å². The van der Waals surface area contributed by atoms with Gasteiger partial charge in [0.15, 0.2) is 0 Å². The molecule has 0 unspecified atom stereocenters. The first-order chi connectivity index (χ1) is 5.11. The smallest absolute Gasteiger partial charge is 0.124 e. The topological polar surface area (TPSA) is 49.9 Å². The van der Waals surface area contributed by atoms with Crippen LogP contribution in [0.15, 0.2) is 18.2 Å². The molecule has 1 aromatic carbocycles. The summed E-state index contributed by atoms with van der Waals surface area (Å²) in [5.74, 6) is -0.0494. The van der Waals surface area contributed by atoms with Gasteiger partial charge >= 0.3 is 0 Å². The minimum Gasteiger partial charge on any atom is -0.384 e. The Hall–Kier alpha value is -0.440. The second-order valence-corrected chi connectivity index (χ2v) is 2.88. The average Bonchev–Trinajstić information content (AvgIpc) is 1.85. The Labute approximate surface area is 86.6 Å². The van der Waals surface area contributed by atoms with Crippen molar-refractivity contribution in [2.45, 2.75) is 0 Å². The number of nitrogen functional groups attached to an aromatic ring is 1. The zero-order chi connectivity index (χ0) is 8.43. The Balaban J connectivity index is 0.00000121. The highest BCUT2D eigenvalue weighted by Crippen LogP contribution is 2.19. The summed E-state index contributed by atoms with van der Waals surface area (Å²) in [5, 5.41) is 8.05. The van der Waals surface area contributed by atoms with Gasteiger partial charge < -0.3 is 5.73 Å². The molecule has 0 saturated carbocycles. The second-order valence-electron chi connectivity index (χ2n) is 2.04. The van der Waals surface area contributed by atoms with Crippen LogP contribution < -0.4 is 5.73 Å². The van der Waals surface area contributed by atoms with E-state index in [4.69, 9.17) is 34.3 Å². The van der Waals surface area contributed by atoms with Gasteiger partial charge in [0.25, 0.3) is 0 Å². The Morgan fingerprint density at radius 3 is 2.33 bits per heavy atom. The fourth-order valence-corrected chi connectivity index (χ4v) is 1.22. The van der Waals surface area contributed by atoms with Crippen molar-refractivity contribution >= 4 is 41.4 Å². The van der Waals surface area contributed by atoms with Crippen molar-refractivity contribution in [3.8, 4) is 0 Å². The molecule has 0 radical (unpaired) electrons. The Bertz CT molecular complexity index is 299. The summed E-state index contributed by atoms with van der Waals surface area (Å²) < 4.78 is 0. The maximum atomic E-state index is 7.10. The summed E-state index contributed by atoms with van der Waals surface area (Å²) in [4.78, 5) is 0. The lowest BCUT2D eigenvalue weighted by molar-refractivity contribution is 1.42. The molecule has 0 bridgehead atoms. The van der Waals surface area contributed by atoms with E-state index in [9.17, 15) is 0 Å². The molecule has 0 atom stereocenters. The number of hydrogen-bond donors (Lipinski definition) is 2. The molecular formula is C7H7Cl3N2. The van der Waals surface area contributed by atoms with Crippen molar-refractivity contribution in [1.29, 1.82) is 5.41 Å². The third-order valence-electron chi connectivity index (χ3n) is 1.22. The van der Waals surface area contributed by atoms with Crippen molar-refractivity contribution < 1.29 is 0 Å². The van der Waals surface area contributed by atoms with Crippen molar-refractivity contribution in [2.75, 3.05) is 0 Å². The van der Waals surface area contributed by atoms with Gasteiger partial charge in [0.1, 0.15) is 5.84 Å². The van der Waals surface area contributed by atoms with Crippen LogP contribution in [0.2, 0.25) is 10.0 Å². The van der Waals surface area contributed by atoms with Crippen LogP contribution in [-0.4, -0.2) is 5.84 Å². The summed E-state index contributed by atoms with van der Waals surface area (Å²) in [6, 6.07) is 4.82. The van der Waals surface area contributed by atoms with E-state index in [-0.39, 0.29) is 18.2 Å². The first-order valence-corrected chi connectivity index (χ1v) is 3.66. The van der Waals surface area contributed by atoms with Gasteiger partial charge in [-0.25, -0.2) is 0 Å². The zero-order valence-corrected chi connectivity index (χ0v) is 8.30. The molecule has 5 heteroatoms. The highest BCUT2D eigenvalue weighted by molar-refractivity contribution is 6.36. The highest BCUT2D eigenvalue weighted by Gasteiger charge is 2.02. The molecule has 0 aromatic heterocycles. The van der Waals surface area contributed by atoms with Crippen molar-refractivity contribution in [2.24, 2.45) is 5.73 Å². The largest absolute Gasteiger partial charge is 0.384 e. The first-order valence-electron chi connectivity index (χ1n) is 2.90. The lowest BCUT2D eigenvalue weighted by Crippen LogP contribution is -2.11. The van der Waals surface area contributed by atoms with E-state index >= 15 is 0 Å².